The first kappa shape index (κ1) is 6.83. The van der Waals surface area contributed by atoms with E-state index in [1.165, 1.54) is 36.6 Å². The Bertz CT molecular complexity index is 97.2. The van der Waals surface area contributed by atoms with Crippen molar-refractivity contribution in [3.8, 4) is 0 Å². The molecule has 0 saturated carbocycles. The van der Waals surface area contributed by atoms with Crippen LogP contribution in [0.15, 0.2) is 12.8 Å². The van der Waals surface area contributed by atoms with Crippen molar-refractivity contribution in [2.24, 2.45) is 0 Å². The zero-order valence-electron chi connectivity index (χ0n) is 6.01. The van der Waals surface area contributed by atoms with E-state index >= 15 is 0 Å². The van der Waals surface area contributed by atoms with Crippen molar-refractivity contribution in [3.05, 3.63) is 12.8 Å². The molecule has 0 bridgehead atoms. The van der Waals surface area contributed by atoms with Crippen molar-refractivity contribution in [2.45, 2.75) is 0 Å². The predicted octanol–water partition coefficient (Wildman–Crippen LogP) is -0.972. The standard InChI is InChI=1S/C6H14N2Si/c1-2-7-3-5-8(9)6-4-7/h2H,1,3-6H2,9H3. The molecule has 2 nitrogen and oxygen atoms in total. The molecular weight excluding hydrogens is 128 g/mol. The molecule has 0 N–H and O–H groups in total. The summed E-state index contributed by atoms with van der Waals surface area (Å²) in [6.45, 7) is 8.54. The minimum absolute atomic E-state index is 1.17. The molecule has 0 aromatic rings. The van der Waals surface area contributed by atoms with Crippen LogP contribution >= 0.6 is 0 Å². The van der Waals surface area contributed by atoms with Gasteiger partial charge in [-0.05, 0) is 6.20 Å². The van der Waals surface area contributed by atoms with Gasteiger partial charge in [-0.1, -0.05) is 6.58 Å². The van der Waals surface area contributed by atoms with E-state index in [0.717, 1.165) is 0 Å². The minimum atomic E-state index is 1.17. The summed E-state index contributed by atoms with van der Waals surface area (Å²) < 4.78 is 2.47. The highest BCUT2D eigenvalue weighted by atomic mass is 28.2. The molecule has 0 radical (unpaired) electrons. The van der Waals surface area contributed by atoms with Crippen molar-refractivity contribution in [1.82, 2.24) is 9.47 Å². The molecule has 52 valence electrons. The Kier molecular flexibility index (Phi) is 2.30. The summed E-state index contributed by atoms with van der Waals surface area (Å²) in [4.78, 5) is 2.27. The number of rotatable bonds is 1. The average Bonchev–Trinajstić information content (AvgIpc) is 1.90. The first-order valence-electron chi connectivity index (χ1n) is 3.38. The van der Waals surface area contributed by atoms with Crippen LogP contribution in [0.3, 0.4) is 0 Å². The van der Waals surface area contributed by atoms with E-state index in [9.17, 15) is 0 Å². The molecule has 1 fully saturated rings. The van der Waals surface area contributed by atoms with Crippen LogP contribution in [0.2, 0.25) is 0 Å². The summed E-state index contributed by atoms with van der Waals surface area (Å²) in [5.74, 6) is 0. The maximum atomic E-state index is 3.73. The molecule has 0 aromatic carbocycles. The third-order valence-electron chi connectivity index (χ3n) is 1.80. The Morgan fingerprint density at radius 2 is 1.78 bits per heavy atom. The van der Waals surface area contributed by atoms with Gasteiger partial charge in [-0.2, -0.15) is 0 Å². The summed E-state index contributed by atoms with van der Waals surface area (Å²) in [6.07, 6.45) is 1.94. The summed E-state index contributed by atoms with van der Waals surface area (Å²) in [7, 11) is 1.22. The van der Waals surface area contributed by atoms with Crippen molar-refractivity contribution in [1.29, 1.82) is 0 Å². The summed E-state index contributed by atoms with van der Waals surface area (Å²) in [5, 5.41) is 0. The van der Waals surface area contributed by atoms with E-state index in [-0.39, 0.29) is 0 Å². The maximum absolute atomic E-state index is 3.73. The molecule has 1 heterocycles. The molecule has 0 atom stereocenters. The topological polar surface area (TPSA) is 6.48 Å². The third kappa shape index (κ3) is 1.84. The molecular formula is C6H14N2Si. The maximum Gasteiger partial charge on any atom is 0.0786 e. The van der Waals surface area contributed by atoms with Crippen LogP contribution in [0.5, 0.6) is 0 Å². The van der Waals surface area contributed by atoms with Gasteiger partial charge in [0.25, 0.3) is 0 Å². The lowest BCUT2D eigenvalue weighted by molar-refractivity contribution is 0.251. The van der Waals surface area contributed by atoms with Crippen molar-refractivity contribution in [3.63, 3.8) is 0 Å². The second kappa shape index (κ2) is 3.03. The fourth-order valence-electron chi connectivity index (χ4n) is 1.00. The molecule has 1 rings (SSSR count). The lowest BCUT2D eigenvalue weighted by atomic mass is 10.4. The van der Waals surface area contributed by atoms with Crippen LogP contribution in [-0.4, -0.2) is 46.0 Å². The minimum Gasteiger partial charge on any atom is -0.375 e. The van der Waals surface area contributed by atoms with Gasteiger partial charge in [-0.25, -0.2) is 0 Å². The van der Waals surface area contributed by atoms with Crippen molar-refractivity contribution in [2.75, 3.05) is 26.2 Å². The summed E-state index contributed by atoms with van der Waals surface area (Å²) >= 11 is 0. The fraction of sp³-hybridized carbons (Fsp3) is 0.667. The smallest absolute Gasteiger partial charge is 0.0786 e. The largest absolute Gasteiger partial charge is 0.375 e. The molecule has 0 aliphatic carbocycles. The Balaban J connectivity index is 2.26. The second-order valence-electron chi connectivity index (χ2n) is 2.52. The average molecular weight is 142 g/mol. The van der Waals surface area contributed by atoms with Gasteiger partial charge in [0.05, 0.1) is 10.4 Å². The van der Waals surface area contributed by atoms with Gasteiger partial charge < -0.3 is 9.47 Å². The van der Waals surface area contributed by atoms with Crippen LogP contribution in [0.4, 0.5) is 0 Å². The second-order valence-corrected chi connectivity index (χ2v) is 3.79. The Morgan fingerprint density at radius 3 is 2.22 bits per heavy atom. The van der Waals surface area contributed by atoms with Gasteiger partial charge in [0.2, 0.25) is 0 Å². The van der Waals surface area contributed by atoms with Gasteiger partial charge in [-0.15, -0.1) is 0 Å². The monoisotopic (exact) mass is 142 g/mol. The normalized spacial score (nSPS) is 22.4. The van der Waals surface area contributed by atoms with Crippen LogP contribution < -0.4 is 0 Å². The molecule has 0 amide bonds. The number of hydrogen-bond acceptors (Lipinski definition) is 2. The Labute approximate surface area is 59.6 Å². The molecule has 1 aliphatic rings. The van der Waals surface area contributed by atoms with Gasteiger partial charge in [0, 0.05) is 26.2 Å². The van der Waals surface area contributed by atoms with Crippen LogP contribution in [0, 0.1) is 0 Å². The highest BCUT2D eigenvalue weighted by molar-refractivity contribution is 6.04. The molecule has 0 spiro atoms. The van der Waals surface area contributed by atoms with Crippen LogP contribution in [-0.2, 0) is 0 Å². The highest BCUT2D eigenvalue weighted by Crippen LogP contribution is 1.96. The van der Waals surface area contributed by atoms with Gasteiger partial charge in [0.1, 0.15) is 0 Å². The predicted molar refractivity (Wildman–Crippen MR) is 43.3 cm³/mol. The Morgan fingerprint density at radius 1 is 1.22 bits per heavy atom. The van der Waals surface area contributed by atoms with Gasteiger partial charge >= 0.3 is 0 Å². The first-order valence-corrected chi connectivity index (χ1v) is 4.27. The molecule has 0 aromatic heterocycles. The summed E-state index contributed by atoms with van der Waals surface area (Å²) in [5.41, 5.74) is 0. The number of nitrogens with zero attached hydrogens (tertiary/aromatic N) is 2. The lowest BCUT2D eigenvalue weighted by Crippen LogP contribution is -2.42. The zero-order valence-corrected chi connectivity index (χ0v) is 8.01. The van der Waals surface area contributed by atoms with E-state index in [1.54, 1.807) is 0 Å². The van der Waals surface area contributed by atoms with E-state index in [4.69, 9.17) is 0 Å². The SMILES string of the molecule is C=CN1CCN([SiH3])CC1. The fourth-order valence-corrected chi connectivity index (χ4v) is 1.40. The quantitative estimate of drug-likeness (QED) is 0.435. The molecule has 9 heavy (non-hydrogen) atoms. The molecule has 0 unspecified atom stereocenters. The highest BCUT2D eigenvalue weighted by Gasteiger charge is 2.08. The van der Waals surface area contributed by atoms with Crippen LogP contribution in [0.1, 0.15) is 0 Å². The van der Waals surface area contributed by atoms with Crippen molar-refractivity contribution >= 4 is 10.4 Å². The molecule has 1 saturated heterocycles. The van der Waals surface area contributed by atoms with Gasteiger partial charge in [0.15, 0.2) is 0 Å². The number of piperazine rings is 1. The number of hydrogen-bond donors (Lipinski definition) is 0. The van der Waals surface area contributed by atoms with Crippen molar-refractivity contribution < 1.29 is 0 Å². The first-order chi connectivity index (χ1) is 4.33. The van der Waals surface area contributed by atoms with Gasteiger partial charge in [-0.3, -0.25) is 0 Å². The lowest BCUT2D eigenvalue weighted by Gasteiger charge is -2.31. The molecule has 3 heteroatoms. The van der Waals surface area contributed by atoms with Crippen LogP contribution in [0.25, 0.3) is 0 Å². The van der Waals surface area contributed by atoms with E-state index in [2.05, 4.69) is 16.0 Å². The van der Waals surface area contributed by atoms with E-state index < -0.39 is 0 Å². The van der Waals surface area contributed by atoms with E-state index in [0.29, 0.717) is 0 Å². The Hall–Kier alpha value is -0.283. The molecule has 1 aliphatic heterocycles. The zero-order chi connectivity index (χ0) is 6.69. The summed E-state index contributed by atoms with van der Waals surface area (Å²) in [6, 6.07) is 0. The van der Waals surface area contributed by atoms with E-state index in [1.807, 2.05) is 6.20 Å². The third-order valence-corrected chi connectivity index (χ3v) is 2.69.